The van der Waals surface area contributed by atoms with Gasteiger partial charge in [0.2, 0.25) is 5.91 Å². The molecule has 1 unspecified atom stereocenters. The zero-order chi connectivity index (χ0) is 18.7. The van der Waals surface area contributed by atoms with E-state index in [1.807, 2.05) is 4.90 Å². The van der Waals surface area contributed by atoms with Gasteiger partial charge in [-0.2, -0.15) is 0 Å². The first kappa shape index (κ1) is 19.2. The highest BCUT2D eigenvalue weighted by Crippen LogP contribution is 2.45. The molecule has 0 aliphatic carbocycles. The predicted octanol–water partition coefficient (Wildman–Crippen LogP) is 2.71. The van der Waals surface area contributed by atoms with Crippen molar-refractivity contribution in [1.29, 1.82) is 0 Å². The second-order valence-corrected chi connectivity index (χ2v) is 7.99. The third-order valence-corrected chi connectivity index (χ3v) is 6.34. The van der Waals surface area contributed by atoms with E-state index in [2.05, 4.69) is 30.0 Å². The number of rotatable bonds is 5. The van der Waals surface area contributed by atoms with Crippen LogP contribution in [0.15, 0.2) is 18.2 Å². The fraction of sp³-hybridized carbons (Fsp3) is 0.667. The molecule has 144 valence electrons. The van der Waals surface area contributed by atoms with E-state index in [-0.39, 0.29) is 11.3 Å². The molecule has 0 saturated carbocycles. The van der Waals surface area contributed by atoms with Crippen LogP contribution in [-0.2, 0) is 16.1 Å². The Morgan fingerprint density at radius 2 is 2.00 bits per heavy atom. The Labute approximate surface area is 157 Å². The Morgan fingerprint density at radius 3 is 2.58 bits per heavy atom. The van der Waals surface area contributed by atoms with Crippen molar-refractivity contribution >= 4 is 5.91 Å². The van der Waals surface area contributed by atoms with Crippen molar-refractivity contribution < 1.29 is 14.3 Å². The molecule has 2 fully saturated rings. The number of aryl methyl sites for hydroxylation is 1. The molecule has 0 N–H and O–H groups in total. The molecule has 0 aromatic heterocycles. The van der Waals surface area contributed by atoms with Crippen molar-refractivity contribution in [2.45, 2.75) is 33.2 Å². The summed E-state index contributed by atoms with van der Waals surface area (Å²) in [6.45, 7) is 9.41. The van der Waals surface area contributed by atoms with Crippen molar-refractivity contribution in [1.82, 2.24) is 9.80 Å². The second kappa shape index (κ2) is 7.97. The van der Waals surface area contributed by atoms with Gasteiger partial charge < -0.3 is 14.4 Å². The van der Waals surface area contributed by atoms with Crippen molar-refractivity contribution in [3.63, 3.8) is 0 Å². The molecule has 1 atom stereocenters. The Kier molecular flexibility index (Phi) is 5.88. The minimum Gasteiger partial charge on any atom is -0.496 e. The van der Waals surface area contributed by atoms with E-state index in [1.54, 1.807) is 21.1 Å². The van der Waals surface area contributed by atoms with Crippen molar-refractivity contribution in [2.75, 3.05) is 47.0 Å². The number of hydrogen-bond acceptors (Lipinski definition) is 4. The minimum atomic E-state index is 0.194. The van der Waals surface area contributed by atoms with Gasteiger partial charge in [-0.05, 0) is 55.5 Å². The first-order valence-electron chi connectivity index (χ1n) is 9.58. The molecule has 1 spiro atoms. The predicted molar refractivity (Wildman–Crippen MR) is 102 cm³/mol. The van der Waals surface area contributed by atoms with Crippen molar-refractivity contribution in [3.05, 3.63) is 29.3 Å². The maximum Gasteiger partial charge on any atom is 0.219 e. The molecule has 1 aromatic rings. The summed E-state index contributed by atoms with van der Waals surface area (Å²) >= 11 is 0. The molecule has 26 heavy (non-hydrogen) atoms. The fourth-order valence-electron chi connectivity index (χ4n) is 4.72. The number of amides is 1. The van der Waals surface area contributed by atoms with Crippen LogP contribution in [0.3, 0.4) is 0 Å². The van der Waals surface area contributed by atoms with Gasteiger partial charge in [-0.15, -0.1) is 0 Å². The first-order valence-corrected chi connectivity index (χ1v) is 9.58. The zero-order valence-corrected chi connectivity index (χ0v) is 16.6. The summed E-state index contributed by atoms with van der Waals surface area (Å²) in [7, 11) is 3.49. The van der Waals surface area contributed by atoms with Gasteiger partial charge in [0.15, 0.2) is 0 Å². The summed E-state index contributed by atoms with van der Waals surface area (Å²) in [5.41, 5.74) is 2.75. The number of piperidine rings is 1. The Balaban J connectivity index is 1.62. The van der Waals surface area contributed by atoms with E-state index in [4.69, 9.17) is 9.47 Å². The fourth-order valence-corrected chi connectivity index (χ4v) is 4.72. The molecule has 5 nitrogen and oxygen atoms in total. The Bertz CT molecular complexity index is 638. The number of nitrogens with zero attached hydrogens (tertiary/aromatic N) is 2. The molecular formula is C21H32N2O3. The SMILES string of the molecule is COCC1CN(C(C)=O)CC12CCN(Cc1ccc(OC)c(C)c1)CC2. The lowest BCUT2D eigenvalue weighted by Gasteiger charge is -2.42. The average molecular weight is 360 g/mol. The van der Waals surface area contributed by atoms with Crippen LogP contribution in [-0.4, -0.2) is 62.7 Å². The quantitative estimate of drug-likeness (QED) is 0.810. The molecule has 2 saturated heterocycles. The summed E-state index contributed by atoms with van der Waals surface area (Å²) in [5.74, 6) is 1.60. The molecule has 0 bridgehead atoms. The van der Waals surface area contributed by atoms with Crippen LogP contribution in [0.4, 0.5) is 0 Å². The number of carbonyl (C=O) groups excluding carboxylic acids is 1. The zero-order valence-electron chi connectivity index (χ0n) is 16.6. The van der Waals surface area contributed by atoms with E-state index in [1.165, 1.54) is 11.1 Å². The van der Waals surface area contributed by atoms with E-state index >= 15 is 0 Å². The van der Waals surface area contributed by atoms with Gasteiger partial charge in [0.1, 0.15) is 5.75 Å². The van der Waals surface area contributed by atoms with Gasteiger partial charge in [0.25, 0.3) is 0 Å². The van der Waals surface area contributed by atoms with Gasteiger partial charge in [-0.25, -0.2) is 0 Å². The third kappa shape index (κ3) is 3.89. The number of benzene rings is 1. The van der Waals surface area contributed by atoms with E-state index < -0.39 is 0 Å². The van der Waals surface area contributed by atoms with Crippen LogP contribution in [0.1, 0.15) is 30.9 Å². The highest BCUT2D eigenvalue weighted by atomic mass is 16.5. The maximum atomic E-state index is 11.9. The smallest absolute Gasteiger partial charge is 0.219 e. The Hall–Kier alpha value is -1.59. The highest BCUT2D eigenvalue weighted by Gasteiger charge is 2.48. The number of methoxy groups -OCH3 is 2. The molecule has 2 aliphatic rings. The summed E-state index contributed by atoms with van der Waals surface area (Å²) in [5, 5.41) is 0. The van der Waals surface area contributed by atoms with E-state index in [0.717, 1.165) is 57.9 Å². The second-order valence-electron chi connectivity index (χ2n) is 7.99. The van der Waals surface area contributed by atoms with Crippen LogP contribution >= 0.6 is 0 Å². The van der Waals surface area contributed by atoms with Gasteiger partial charge in [0.05, 0.1) is 13.7 Å². The van der Waals surface area contributed by atoms with Crippen LogP contribution in [0, 0.1) is 18.3 Å². The highest BCUT2D eigenvalue weighted by molar-refractivity contribution is 5.73. The van der Waals surface area contributed by atoms with Crippen LogP contribution in [0.2, 0.25) is 0 Å². The average Bonchev–Trinajstić information content (AvgIpc) is 2.96. The summed E-state index contributed by atoms with van der Waals surface area (Å²) in [4.78, 5) is 16.4. The lowest BCUT2D eigenvalue weighted by atomic mass is 9.71. The molecule has 0 radical (unpaired) electrons. The van der Waals surface area contributed by atoms with Crippen LogP contribution in [0.5, 0.6) is 5.75 Å². The molecular weight excluding hydrogens is 328 g/mol. The van der Waals surface area contributed by atoms with Crippen LogP contribution < -0.4 is 4.74 Å². The van der Waals surface area contributed by atoms with E-state index in [0.29, 0.717) is 5.92 Å². The topological polar surface area (TPSA) is 42.0 Å². The first-order chi connectivity index (χ1) is 12.5. The van der Waals surface area contributed by atoms with Gasteiger partial charge in [-0.1, -0.05) is 12.1 Å². The lowest BCUT2D eigenvalue weighted by molar-refractivity contribution is -0.128. The molecule has 5 heteroatoms. The Morgan fingerprint density at radius 1 is 1.27 bits per heavy atom. The number of carbonyl (C=O) groups is 1. The molecule has 2 heterocycles. The van der Waals surface area contributed by atoms with Gasteiger partial charge >= 0.3 is 0 Å². The normalized spacial score (nSPS) is 22.8. The molecule has 1 aromatic carbocycles. The largest absolute Gasteiger partial charge is 0.496 e. The number of hydrogen-bond donors (Lipinski definition) is 0. The summed E-state index contributed by atoms with van der Waals surface area (Å²) in [6, 6.07) is 6.45. The number of likely N-dealkylation sites (tertiary alicyclic amines) is 2. The van der Waals surface area contributed by atoms with Gasteiger partial charge in [0, 0.05) is 39.6 Å². The monoisotopic (exact) mass is 360 g/mol. The number of ether oxygens (including phenoxy) is 2. The maximum absolute atomic E-state index is 11.9. The summed E-state index contributed by atoms with van der Waals surface area (Å²) in [6.07, 6.45) is 2.28. The van der Waals surface area contributed by atoms with Crippen molar-refractivity contribution in [3.8, 4) is 5.75 Å². The molecule has 3 rings (SSSR count). The third-order valence-electron chi connectivity index (χ3n) is 6.34. The van der Waals surface area contributed by atoms with E-state index in [9.17, 15) is 4.79 Å². The lowest BCUT2D eigenvalue weighted by Crippen LogP contribution is -2.45. The van der Waals surface area contributed by atoms with Crippen LogP contribution in [0.25, 0.3) is 0 Å². The summed E-state index contributed by atoms with van der Waals surface area (Å²) < 4.78 is 10.8. The van der Waals surface area contributed by atoms with Crippen molar-refractivity contribution in [2.24, 2.45) is 11.3 Å². The van der Waals surface area contributed by atoms with Gasteiger partial charge in [-0.3, -0.25) is 9.69 Å². The molecule has 1 amide bonds. The molecule has 2 aliphatic heterocycles. The minimum absolute atomic E-state index is 0.194. The standard InChI is InChI=1S/C21H32N2O3/c1-16-11-18(5-6-20(16)26-4)12-22-9-7-21(8-10-22)15-23(17(2)24)13-19(21)14-25-3/h5-6,11,19H,7-10,12-15H2,1-4H3.